The van der Waals surface area contributed by atoms with Gasteiger partial charge in [0.05, 0.1) is 0 Å². The average Bonchev–Trinajstić information content (AvgIpc) is 2.67. The molecule has 3 rings (SSSR count). The number of benzene rings is 1. The van der Waals surface area contributed by atoms with Gasteiger partial charge in [-0.3, -0.25) is 0 Å². The third-order valence-electron chi connectivity index (χ3n) is 3.88. The second-order valence-corrected chi connectivity index (χ2v) is 6.24. The Morgan fingerprint density at radius 1 is 1.10 bits per heavy atom. The van der Waals surface area contributed by atoms with Crippen molar-refractivity contribution in [1.29, 1.82) is 0 Å². The zero-order chi connectivity index (χ0) is 14.1. The number of nitrogens with zero attached hydrogens (tertiary/aromatic N) is 2. The Labute approximate surface area is 127 Å². The standard InChI is InChI=1S/C16H18BrN3/c1-10-9-11(7-8-13(10)17)16-19-14-6-4-2-3-5-12(14)15(18)20-16/h7-9H,2-6H2,1H3,(H2,18,19,20). The van der Waals surface area contributed by atoms with Gasteiger partial charge in [-0.2, -0.15) is 0 Å². The quantitative estimate of drug-likeness (QED) is 0.801. The fraction of sp³-hybridized carbons (Fsp3) is 0.375. The number of nitrogens with two attached hydrogens (primary N) is 1. The normalized spacial score (nSPS) is 14.7. The first kappa shape index (κ1) is 13.6. The van der Waals surface area contributed by atoms with Crippen molar-refractivity contribution in [3.05, 3.63) is 39.5 Å². The number of aromatic nitrogens is 2. The summed E-state index contributed by atoms with van der Waals surface area (Å²) in [5.41, 5.74) is 10.7. The fourth-order valence-corrected chi connectivity index (χ4v) is 2.96. The van der Waals surface area contributed by atoms with E-state index in [9.17, 15) is 0 Å². The lowest BCUT2D eigenvalue weighted by Crippen LogP contribution is -2.06. The van der Waals surface area contributed by atoms with Crippen LogP contribution in [0.25, 0.3) is 11.4 Å². The third-order valence-corrected chi connectivity index (χ3v) is 4.77. The van der Waals surface area contributed by atoms with Gasteiger partial charge in [0.25, 0.3) is 0 Å². The van der Waals surface area contributed by atoms with Gasteiger partial charge in [0, 0.05) is 21.3 Å². The molecule has 0 saturated carbocycles. The van der Waals surface area contributed by atoms with E-state index in [4.69, 9.17) is 10.7 Å². The molecule has 2 aromatic rings. The van der Waals surface area contributed by atoms with Crippen LogP contribution in [-0.2, 0) is 12.8 Å². The second kappa shape index (κ2) is 5.52. The predicted octanol–water partition coefficient (Wildman–Crippen LogP) is 4.07. The second-order valence-electron chi connectivity index (χ2n) is 5.38. The smallest absolute Gasteiger partial charge is 0.161 e. The molecule has 2 N–H and O–H groups in total. The number of hydrogen-bond donors (Lipinski definition) is 1. The van der Waals surface area contributed by atoms with Crippen molar-refractivity contribution < 1.29 is 0 Å². The largest absolute Gasteiger partial charge is 0.383 e. The highest BCUT2D eigenvalue weighted by molar-refractivity contribution is 9.10. The molecule has 4 heteroatoms. The van der Waals surface area contributed by atoms with Crippen molar-refractivity contribution in [2.24, 2.45) is 0 Å². The summed E-state index contributed by atoms with van der Waals surface area (Å²) in [5.74, 6) is 1.41. The van der Waals surface area contributed by atoms with Gasteiger partial charge in [0.1, 0.15) is 5.82 Å². The lowest BCUT2D eigenvalue weighted by Gasteiger charge is -2.11. The van der Waals surface area contributed by atoms with E-state index in [0.717, 1.165) is 34.4 Å². The summed E-state index contributed by atoms with van der Waals surface area (Å²) in [6.45, 7) is 2.07. The van der Waals surface area contributed by atoms with E-state index in [1.165, 1.54) is 30.4 Å². The minimum atomic E-state index is 0.660. The van der Waals surface area contributed by atoms with E-state index < -0.39 is 0 Å². The highest BCUT2D eigenvalue weighted by atomic mass is 79.9. The fourth-order valence-electron chi connectivity index (χ4n) is 2.71. The molecule has 1 aromatic heterocycles. The van der Waals surface area contributed by atoms with Crippen LogP contribution in [0.2, 0.25) is 0 Å². The lowest BCUT2D eigenvalue weighted by atomic mass is 10.1. The van der Waals surface area contributed by atoms with Gasteiger partial charge in [-0.05, 0) is 50.3 Å². The Bertz CT molecular complexity index is 652. The van der Waals surface area contributed by atoms with Gasteiger partial charge in [0.15, 0.2) is 5.82 Å². The molecule has 0 saturated heterocycles. The minimum absolute atomic E-state index is 0.660. The molecule has 20 heavy (non-hydrogen) atoms. The molecule has 1 heterocycles. The van der Waals surface area contributed by atoms with Crippen LogP contribution in [0.1, 0.15) is 36.1 Å². The molecule has 0 radical (unpaired) electrons. The monoisotopic (exact) mass is 331 g/mol. The Morgan fingerprint density at radius 3 is 2.70 bits per heavy atom. The maximum atomic E-state index is 6.16. The van der Waals surface area contributed by atoms with E-state index in [-0.39, 0.29) is 0 Å². The first-order chi connectivity index (χ1) is 9.65. The summed E-state index contributed by atoms with van der Waals surface area (Å²) < 4.78 is 1.10. The van der Waals surface area contributed by atoms with Gasteiger partial charge in [-0.25, -0.2) is 9.97 Å². The molecular weight excluding hydrogens is 314 g/mol. The summed E-state index contributed by atoms with van der Waals surface area (Å²) in [4.78, 5) is 9.29. The number of fused-ring (bicyclic) bond motifs is 1. The van der Waals surface area contributed by atoms with E-state index in [1.54, 1.807) is 0 Å². The van der Waals surface area contributed by atoms with Crippen molar-refractivity contribution in [2.45, 2.75) is 39.0 Å². The summed E-state index contributed by atoms with van der Waals surface area (Å²) in [5, 5.41) is 0. The van der Waals surface area contributed by atoms with Gasteiger partial charge >= 0.3 is 0 Å². The molecule has 0 spiro atoms. The van der Waals surface area contributed by atoms with Gasteiger partial charge in [0.2, 0.25) is 0 Å². The SMILES string of the molecule is Cc1cc(-c2nc(N)c3c(n2)CCCCC3)ccc1Br. The van der Waals surface area contributed by atoms with Crippen molar-refractivity contribution in [3.63, 3.8) is 0 Å². The number of anilines is 1. The van der Waals surface area contributed by atoms with Crippen LogP contribution >= 0.6 is 15.9 Å². The highest BCUT2D eigenvalue weighted by Gasteiger charge is 2.16. The van der Waals surface area contributed by atoms with Gasteiger partial charge in [-0.1, -0.05) is 28.4 Å². The average molecular weight is 332 g/mol. The molecule has 3 nitrogen and oxygen atoms in total. The molecule has 1 aromatic carbocycles. The highest BCUT2D eigenvalue weighted by Crippen LogP contribution is 2.28. The lowest BCUT2D eigenvalue weighted by molar-refractivity contribution is 0.709. The molecule has 104 valence electrons. The summed E-state index contributed by atoms with van der Waals surface area (Å²) in [6, 6.07) is 6.17. The maximum absolute atomic E-state index is 6.16. The van der Waals surface area contributed by atoms with E-state index >= 15 is 0 Å². The van der Waals surface area contributed by atoms with Gasteiger partial charge in [-0.15, -0.1) is 0 Å². The summed E-state index contributed by atoms with van der Waals surface area (Å²) in [7, 11) is 0. The maximum Gasteiger partial charge on any atom is 0.161 e. The van der Waals surface area contributed by atoms with Crippen LogP contribution in [0, 0.1) is 6.92 Å². The minimum Gasteiger partial charge on any atom is -0.383 e. The molecular formula is C16H18BrN3. The molecule has 0 unspecified atom stereocenters. The van der Waals surface area contributed by atoms with Crippen molar-refractivity contribution in [1.82, 2.24) is 9.97 Å². The van der Waals surface area contributed by atoms with Crippen LogP contribution in [0.3, 0.4) is 0 Å². The van der Waals surface area contributed by atoms with Crippen LogP contribution in [0.15, 0.2) is 22.7 Å². The molecule has 0 atom stereocenters. The van der Waals surface area contributed by atoms with Crippen molar-refractivity contribution in [2.75, 3.05) is 5.73 Å². The molecule has 1 aliphatic rings. The van der Waals surface area contributed by atoms with Crippen LogP contribution < -0.4 is 5.73 Å². The molecule has 1 aliphatic carbocycles. The molecule has 0 fully saturated rings. The Balaban J connectivity index is 2.08. The van der Waals surface area contributed by atoms with E-state index in [2.05, 4.69) is 33.9 Å². The third kappa shape index (κ3) is 2.57. The Hall–Kier alpha value is -1.42. The van der Waals surface area contributed by atoms with E-state index in [0.29, 0.717) is 5.82 Å². The first-order valence-corrected chi connectivity index (χ1v) is 7.86. The molecule has 0 bridgehead atoms. The number of aryl methyl sites for hydroxylation is 2. The van der Waals surface area contributed by atoms with E-state index in [1.807, 2.05) is 12.1 Å². The number of nitrogen functional groups attached to an aromatic ring is 1. The molecule has 0 amide bonds. The predicted molar refractivity (Wildman–Crippen MR) is 85.6 cm³/mol. The van der Waals surface area contributed by atoms with Crippen molar-refractivity contribution in [3.8, 4) is 11.4 Å². The number of rotatable bonds is 1. The van der Waals surface area contributed by atoms with Gasteiger partial charge < -0.3 is 5.73 Å². The summed E-state index contributed by atoms with van der Waals surface area (Å²) >= 11 is 3.52. The number of hydrogen-bond acceptors (Lipinski definition) is 3. The molecule has 0 aliphatic heterocycles. The Morgan fingerprint density at radius 2 is 1.90 bits per heavy atom. The van der Waals surface area contributed by atoms with Crippen LogP contribution in [0.5, 0.6) is 0 Å². The van der Waals surface area contributed by atoms with Crippen LogP contribution in [0.4, 0.5) is 5.82 Å². The van der Waals surface area contributed by atoms with Crippen LogP contribution in [-0.4, -0.2) is 9.97 Å². The summed E-state index contributed by atoms with van der Waals surface area (Å²) in [6.07, 6.45) is 5.67. The zero-order valence-electron chi connectivity index (χ0n) is 11.6. The zero-order valence-corrected chi connectivity index (χ0v) is 13.2. The Kier molecular flexibility index (Phi) is 3.74. The topological polar surface area (TPSA) is 51.8 Å². The number of halogens is 1. The first-order valence-electron chi connectivity index (χ1n) is 7.07. The van der Waals surface area contributed by atoms with Crippen molar-refractivity contribution >= 4 is 21.7 Å².